The number of nitrogens with zero attached hydrogens (tertiary/aromatic N) is 2. The Morgan fingerprint density at radius 1 is 0.844 bits per heavy atom. The van der Waals surface area contributed by atoms with Gasteiger partial charge in [-0.25, -0.2) is 4.99 Å². The molecule has 2 unspecified atom stereocenters. The fourth-order valence-electron chi connectivity index (χ4n) is 10.9. The molecule has 332 valence electrons. The normalized spacial score (nSPS) is 29.8. The Balaban J connectivity index is 0.000000244. The van der Waals surface area contributed by atoms with Gasteiger partial charge in [0.15, 0.2) is 21.4 Å². The number of carbonyl (C=O) groups is 3. The Bertz CT molecular complexity index is 2240. The van der Waals surface area contributed by atoms with Crippen LogP contribution in [0.1, 0.15) is 112 Å². The summed E-state index contributed by atoms with van der Waals surface area (Å²) in [6.07, 6.45) is 17.0. The van der Waals surface area contributed by atoms with Crippen LogP contribution in [0.2, 0.25) is 0 Å². The second-order valence-electron chi connectivity index (χ2n) is 17.6. The van der Waals surface area contributed by atoms with E-state index >= 15 is 0 Å². The number of fused-ring (bicyclic) bond motifs is 6. The van der Waals surface area contributed by atoms with Crippen LogP contribution in [-0.4, -0.2) is 78.1 Å². The molecule has 10 rings (SSSR count). The molecule has 2 aromatic rings. The summed E-state index contributed by atoms with van der Waals surface area (Å²) in [6, 6.07) is 12.9. The molecule has 2 heterocycles. The third kappa shape index (κ3) is 10.6. The molecule has 11 nitrogen and oxygen atoms in total. The Labute approximate surface area is 488 Å². The van der Waals surface area contributed by atoms with E-state index in [2.05, 4.69) is 98.2 Å². The zero-order valence-electron chi connectivity index (χ0n) is 39.2. The first-order chi connectivity index (χ1) is 30.0. The van der Waals surface area contributed by atoms with E-state index in [0.29, 0.717) is 23.1 Å². The van der Waals surface area contributed by atoms with Gasteiger partial charge < -0.3 is 31.7 Å². The van der Waals surface area contributed by atoms with Crippen molar-refractivity contribution in [3.05, 3.63) is 69.8 Å². The summed E-state index contributed by atoms with van der Waals surface area (Å²) in [7, 11) is 5.45. The van der Waals surface area contributed by atoms with Crippen molar-refractivity contribution in [1.29, 1.82) is 0 Å². The number of methoxy groups -OCH3 is 2. The third-order valence-corrected chi connectivity index (χ3v) is 15.3. The van der Waals surface area contributed by atoms with E-state index in [1.165, 1.54) is 36.8 Å². The number of hydrogen-bond donors (Lipinski definition) is 2. The molecule has 0 bridgehead atoms. The van der Waals surface area contributed by atoms with Gasteiger partial charge in [0.05, 0.1) is 12.2 Å². The smallest absolute Gasteiger partial charge is 1.00 e. The van der Waals surface area contributed by atoms with Crippen LogP contribution in [0.5, 0.6) is 0 Å². The van der Waals surface area contributed by atoms with E-state index < -0.39 is 11.1 Å². The first kappa shape index (κ1) is 54.7. The molecular formula is C48H57IK2N4O7S2. The number of alkyl halides is 1. The predicted molar refractivity (Wildman–Crippen MR) is 252 cm³/mol. The Hall–Kier alpha value is -0.237. The van der Waals surface area contributed by atoms with Gasteiger partial charge in [0.25, 0.3) is 18.3 Å². The van der Waals surface area contributed by atoms with Crippen LogP contribution in [-0.2, 0) is 52.7 Å². The van der Waals surface area contributed by atoms with Gasteiger partial charge in [-0.3, -0.25) is 19.3 Å². The van der Waals surface area contributed by atoms with Crippen molar-refractivity contribution in [3.8, 4) is 23.7 Å². The molecule has 2 amide bonds. The number of halogens is 1. The van der Waals surface area contributed by atoms with Gasteiger partial charge in [-0.1, -0.05) is 70.2 Å². The molecule has 2 aromatic carbocycles. The molecule has 64 heavy (non-hydrogen) atoms. The number of thiocarbonyl (C=S) groups is 1. The zero-order valence-corrected chi connectivity index (χ0v) is 48.2. The monoisotopic (exact) mass is 1070 g/mol. The van der Waals surface area contributed by atoms with Crippen molar-refractivity contribution in [2.45, 2.75) is 113 Å². The predicted octanol–water partition coefficient (Wildman–Crippen LogP) is 0.352. The second-order valence-corrected chi connectivity index (χ2v) is 18.8. The average Bonchev–Trinajstić information content (AvgIpc) is 4.23. The van der Waals surface area contributed by atoms with Gasteiger partial charge >= 0.3 is 103 Å². The van der Waals surface area contributed by atoms with Gasteiger partial charge in [0.2, 0.25) is 0 Å². The van der Waals surface area contributed by atoms with E-state index in [1.807, 2.05) is 18.2 Å². The molecule has 6 aliphatic carbocycles. The standard InChI is InChI=1S/C24H28N2O2S.C22H24N2O2S.CH3I.CH2O3.2K.H/c1-26-21(27)24(25-22(26)29-3)20-14-17(7-6-16-4-5-16)8-9-18(20)15-23(24)12-10-19(28-2)11-13-23;1-26-17-8-10-21(11-9-17)13-16-7-6-15(5-4-14-2-3-14)12-18(16)22(21)19(25)23-20(27)24-22;1-2;2-1-4-3;;;/h8-9,14,16,19H,4-5,10-13,15H2,1-3H3;6-7,12,14,17H,2-3,8-11,13H2,1H3,(H2,23,24,25,27);1H3;1,3H;;;/q;;;;2*+1;-1/p-1. The van der Waals surface area contributed by atoms with E-state index in [0.717, 1.165) is 91.6 Å². The van der Waals surface area contributed by atoms with E-state index in [-0.39, 0.29) is 139 Å². The maximum Gasteiger partial charge on any atom is 1.00 e. The summed E-state index contributed by atoms with van der Waals surface area (Å²) >= 11 is 9.08. The molecule has 0 radical (unpaired) electrons. The van der Waals surface area contributed by atoms with Crippen LogP contribution in [0.15, 0.2) is 41.4 Å². The van der Waals surface area contributed by atoms with Crippen LogP contribution in [0.3, 0.4) is 0 Å². The minimum atomic E-state index is -0.800. The number of amidine groups is 1. The fraction of sp³-hybridized carbons (Fsp3) is 0.562. The molecule has 16 heteroatoms. The molecule has 4 saturated carbocycles. The zero-order chi connectivity index (χ0) is 44.3. The van der Waals surface area contributed by atoms with Crippen molar-refractivity contribution in [3.63, 3.8) is 0 Å². The molecule has 1 saturated heterocycles. The topological polar surface area (TPSA) is 142 Å². The van der Waals surface area contributed by atoms with Crippen molar-refractivity contribution < 1.29 is 138 Å². The Kier molecular flexibility index (Phi) is 20.2. The third-order valence-electron chi connectivity index (χ3n) is 14.3. The van der Waals surface area contributed by atoms with Crippen molar-refractivity contribution in [2.24, 2.45) is 27.7 Å². The van der Waals surface area contributed by atoms with E-state index in [4.69, 9.17) is 36.7 Å². The number of nitrogens with one attached hydrogen (secondary N) is 2. The van der Waals surface area contributed by atoms with Crippen molar-refractivity contribution >= 4 is 75.1 Å². The van der Waals surface area contributed by atoms with E-state index in [9.17, 15) is 9.59 Å². The van der Waals surface area contributed by atoms with Gasteiger partial charge in [-0.05, 0) is 160 Å². The number of amides is 2. The van der Waals surface area contributed by atoms with Crippen molar-refractivity contribution in [1.82, 2.24) is 15.5 Å². The Morgan fingerprint density at radius 2 is 1.31 bits per heavy atom. The first-order valence-corrected chi connectivity index (χ1v) is 25.3. The Morgan fingerprint density at radius 3 is 1.73 bits per heavy atom. The van der Waals surface area contributed by atoms with Crippen LogP contribution in [0.25, 0.3) is 0 Å². The number of ether oxygens (including phenoxy) is 2. The number of rotatable bonds is 3. The molecule has 0 aromatic heterocycles. The number of carbonyl (C=O) groups excluding carboxylic acids is 3. The fourth-order valence-corrected chi connectivity index (χ4v) is 11.7. The molecule has 2 atom stereocenters. The van der Waals surface area contributed by atoms with Gasteiger partial charge in [0.1, 0.15) is 0 Å². The van der Waals surface area contributed by atoms with Crippen LogP contribution >= 0.6 is 46.6 Å². The number of hydrogen-bond acceptors (Lipinski definition) is 10. The molecule has 4 spiro atoms. The molecular weight excluding hydrogens is 1010 g/mol. The number of aliphatic imine (C=N–C) groups is 1. The summed E-state index contributed by atoms with van der Waals surface area (Å²) < 4.78 is 11.2. The summed E-state index contributed by atoms with van der Waals surface area (Å²) in [4.78, 5) is 47.2. The quantitative estimate of drug-likeness (QED) is 0.0648. The number of benzene rings is 2. The van der Waals surface area contributed by atoms with Crippen LogP contribution < -0.4 is 119 Å². The first-order valence-electron chi connectivity index (χ1n) is 21.5. The van der Waals surface area contributed by atoms with Crippen molar-refractivity contribution in [2.75, 3.05) is 32.5 Å². The average molecular weight is 1070 g/mol. The maximum atomic E-state index is 13.8. The van der Waals surface area contributed by atoms with Crippen LogP contribution in [0.4, 0.5) is 0 Å². The van der Waals surface area contributed by atoms with Gasteiger partial charge in [-0.15, -0.1) is 0 Å². The molecule has 2 N–H and O–H groups in total. The summed E-state index contributed by atoms with van der Waals surface area (Å²) in [6.45, 7) is -0.181. The molecule has 8 aliphatic rings. The van der Waals surface area contributed by atoms with E-state index in [1.54, 1.807) is 30.9 Å². The molecule has 5 fully saturated rings. The summed E-state index contributed by atoms with van der Waals surface area (Å²) in [5.41, 5.74) is 4.81. The number of thioether (sulfide) groups is 1. The SMILES string of the molecule is CI.COC1CCC2(CC1)Cc1ccc(C#CC3CC3)cc1C21N=C(SC)N(C)C1=O.COC1CCC2(CC1)Cc1ccc(C#CC3CC3)cc1C21NC(=S)NC1=O.O=CO[O-].[H-].[K+].[K+]. The van der Waals surface area contributed by atoms with Gasteiger partial charge in [-0.2, -0.15) is 0 Å². The van der Waals surface area contributed by atoms with Crippen LogP contribution in [0, 0.1) is 46.3 Å². The minimum Gasteiger partial charge on any atom is -1.00 e. The second kappa shape index (κ2) is 23.6. The minimum absolute atomic E-state index is 0. The van der Waals surface area contributed by atoms with Gasteiger partial charge in [0, 0.05) is 55.1 Å². The maximum absolute atomic E-state index is 13.8. The largest absolute Gasteiger partial charge is 1.00 e. The number of likely N-dealkylation sites (N-methyl/N-ethyl adjacent to an activating group) is 1. The summed E-state index contributed by atoms with van der Waals surface area (Å²) in [5, 5.41) is 16.0. The molecule has 2 aliphatic heterocycles. The summed E-state index contributed by atoms with van der Waals surface area (Å²) in [5.74, 6) is 14.6.